The first kappa shape index (κ1) is 17.0. The van der Waals surface area contributed by atoms with Crippen LogP contribution >= 0.6 is 0 Å². The number of nitrogens with zero attached hydrogens (tertiary/aromatic N) is 1. The zero-order chi connectivity index (χ0) is 16.9. The van der Waals surface area contributed by atoms with E-state index >= 15 is 0 Å². The Morgan fingerprint density at radius 2 is 1.75 bits per heavy atom. The van der Waals surface area contributed by atoms with Gasteiger partial charge in [-0.15, -0.1) is 0 Å². The maximum Gasteiger partial charge on any atom is 0.239 e. The molecule has 1 saturated carbocycles. The molecule has 3 rings (SSSR count). The molecule has 0 aromatic heterocycles. The highest BCUT2D eigenvalue weighted by Gasteiger charge is 2.38. The molecule has 1 aliphatic carbocycles. The Labute approximate surface area is 144 Å². The van der Waals surface area contributed by atoms with Crippen molar-refractivity contribution in [3.05, 3.63) is 29.8 Å². The molecule has 2 fully saturated rings. The lowest BCUT2D eigenvalue weighted by Gasteiger charge is -2.20. The molecule has 1 heterocycles. The summed E-state index contributed by atoms with van der Waals surface area (Å²) in [5.41, 5.74) is 2.16. The van der Waals surface area contributed by atoms with E-state index in [4.69, 9.17) is 0 Å². The monoisotopic (exact) mass is 328 g/mol. The van der Waals surface area contributed by atoms with Crippen LogP contribution in [-0.4, -0.2) is 24.4 Å². The normalized spacial score (nSPS) is 22.5. The lowest BCUT2D eigenvalue weighted by Crippen LogP contribution is -2.41. The molecule has 24 heavy (non-hydrogen) atoms. The van der Waals surface area contributed by atoms with Crippen LogP contribution in [0.1, 0.15) is 57.4 Å². The van der Waals surface area contributed by atoms with Crippen molar-refractivity contribution in [1.29, 1.82) is 0 Å². The molecule has 1 saturated heterocycles. The van der Waals surface area contributed by atoms with E-state index in [0.717, 1.165) is 24.9 Å². The van der Waals surface area contributed by atoms with Gasteiger partial charge in [0.15, 0.2) is 0 Å². The van der Waals surface area contributed by atoms with Crippen molar-refractivity contribution in [1.82, 2.24) is 5.32 Å². The third kappa shape index (κ3) is 3.80. The summed E-state index contributed by atoms with van der Waals surface area (Å²) in [6.45, 7) is 2.75. The topological polar surface area (TPSA) is 49.4 Å². The van der Waals surface area contributed by atoms with Gasteiger partial charge in [-0.1, -0.05) is 44.7 Å². The van der Waals surface area contributed by atoms with E-state index in [1.807, 2.05) is 12.1 Å². The fourth-order valence-corrected chi connectivity index (χ4v) is 3.82. The van der Waals surface area contributed by atoms with E-state index in [-0.39, 0.29) is 17.9 Å². The molecule has 1 aromatic rings. The van der Waals surface area contributed by atoms with E-state index in [1.165, 1.54) is 31.2 Å². The molecule has 0 spiro atoms. The third-order valence-electron chi connectivity index (χ3n) is 5.38. The fraction of sp³-hybridized carbons (Fsp3) is 0.600. The zero-order valence-corrected chi connectivity index (χ0v) is 14.6. The van der Waals surface area contributed by atoms with Crippen LogP contribution in [0.4, 0.5) is 5.69 Å². The van der Waals surface area contributed by atoms with Gasteiger partial charge in [-0.2, -0.15) is 0 Å². The number of carbonyl (C=O) groups is 2. The highest BCUT2D eigenvalue weighted by Crippen LogP contribution is 2.26. The van der Waals surface area contributed by atoms with Gasteiger partial charge in [-0.3, -0.25) is 9.59 Å². The first-order valence-electron chi connectivity index (χ1n) is 9.39. The van der Waals surface area contributed by atoms with E-state index in [1.54, 1.807) is 4.90 Å². The highest BCUT2D eigenvalue weighted by molar-refractivity contribution is 6.09. The molecule has 1 atom stereocenters. The Morgan fingerprint density at radius 1 is 1.08 bits per heavy atom. The van der Waals surface area contributed by atoms with Gasteiger partial charge < -0.3 is 10.2 Å². The Hall–Kier alpha value is -1.84. The SMILES string of the molecule is CCc1ccc(N2CC[C@H](C(=O)NC3CCCCCC3)C2=O)cc1. The summed E-state index contributed by atoms with van der Waals surface area (Å²) < 4.78 is 0. The molecule has 4 nitrogen and oxygen atoms in total. The minimum atomic E-state index is -0.515. The molecule has 130 valence electrons. The number of nitrogens with one attached hydrogen (secondary N) is 1. The van der Waals surface area contributed by atoms with Crippen molar-refractivity contribution in [2.24, 2.45) is 5.92 Å². The third-order valence-corrected chi connectivity index (χ3v) is 5.38. The number of hydrogen-bond acceptors (Lipinski definition) is 2. The van der Waals surface area contributed by atoms with Crippen molar-refractivity contribution in [3.8, 4) is 0 Å². The van der Waals surface area contributed by atoms with Crippen LogP contribution in [-0.2, 0) is 16.0 Å². The first-order valence-corrected chi connectivity index (χ1v) is 9.39. The average molecular weight is 328 g/mol. The van der Waals surface area contributed by atoms with Crippen molar-refractivity contribution in [3.63, 3.8) is 0 Å². The number of rotatable bonds is 4. The maximum absolute atomic E-state index is 12.7. The summed E-state index contributed by atoms with van der Waals surface area (Å²) in [7, 11) is 0. The molecule has 2 aliphatic rings. The molecule has 1 N–H and O–H groups in total. The van der Waals surface area contributed by atoms with Crippen LogP contribution < -0.4 is 10.2 Å². The number of anilines is 1. The quantitative estimate of drug-likeness (QED) is 0.680. The molecule has 0 radical (unpaired) electrons. The van der Waals surface area contributed by atoms with Crippen LogP contribution in [0.2, 0.25) is 0 Å². The molecule has 1 aromatic carbocycles. The summed E-state index contributed by atoms with van der Waals surface area (Å²) in [5.74, 6) is -0.635. The number of amides is 2. The van der Waals surface area contributed by atoms with Crippen LogP contribution in [0.15, 0.2) is 24.3 Å². The largest absolute Gasteiger partial charge is 0.353 e. The van der Waals surface area contributed by atoms with Gasteiger partial charge >= 0.3 is 0 Å². The van der Waals surface area contributed by atoms with Gasteiger partial charge in [-0.05, 0) is 43.4 Å². The molecule has 4 heteroatoms. The second-order valence-corrected chi connectivity index (χ2v) is 7.05. The lowest BCUT2D eigenvalue weighted by molar-refractivity contribution is -0.132. The first-order chi connectivity index (χ1) is 11.7. The number of aryl methyl sites for hydroxylation is 1. The molecule has 0 bridgehead atoms. The smallest absolute Gasteiger partial charge is 0.239 e. The highest BCUT2D eigenvalue weighted by atomic mass is 16.2. The van der Waals surface area contributed by atoms with Gasteiger partial charge in [-0.25, -0.2) is 0 Å². The molecule has 0 unspecified atom stereocenters. The number of hydrogen-bond donors (Lipinski definition) is 1. The van der Waals surface area contributed by atoms with Gasteiger partial charge in [0, 0.05) is 18.3 Å². The van der Waals surface area contributed by atoms with E-state index in [2.05, 4.69) is 24.4 Å². The lowest BCUT2D eigenvalue weighted by atomic mass is 10.0. The van der Waals surface area contributed by atoms with Crippen LogP contribution in [0.25, 0.3) is 0 Å². The predicted octanol–water partition coefficient (Wildman–Crippen LogP) is 3.44. The summed E-state index contributed by atoms with van der Waals surface area (Å²) in [5, 5.41) is 3.14. The van der Waals surface area contributed by atoms with Crippen LogP contribution in [0.3, 0.4) is 0 Å². The minimum Gasteiger partial charge on any atom is -0.353 e. The summed E-state index contributed by atoms with van der Waals surface area (Å²) in [6, 6.07) is 8.35. The Morgan fingerprint density at radius 3 is 2.38 bits per heavy atom. The van der Waals surface area contributed by atoms with Crippen molar-refractivity contribution in [2.45, 2.75) is 64.3 Å². The predicted molar refractivity (Wildman–Crippen MR) is 95.9 cm³/mol. The van der Waals surface area contributed by atoms with Crippen LogP contribution in [0, 0.1) is 5.92 Å². The van der Waals surface area contributed by atoms with Crippen LogP contribution in [0.5, 0.6) is 0 Å². The number of carbonyl (C=O) groups excluding carboxylic acids is 2. The Kier molecular flexibility index (Phi) is 5.54. The zero-order valence-electron chi connectivity index (χ0n) is 14.6. The van der Waals surface area contributed by atoms with Gasteiger partial charge in [0.05, 0.1) is 0 Å². The second-order valence-electron chi connectivity index (χ2n) is 7.05. The van der Waals surface area contributed by atoms with E-state index < -0.39 is 5.92 Å². The van der Waals surface area contributed by atoms with Crippen molar-refractivity contribution < 1.29 is 9.59 Å². The van der Waals surface area contributed by atoms with Gasteiger partial charge in [0.2, 0.25) is 11.8 Å². The number of benzene rings is 1. The minimum absolute atomic E-state index is 0.0506. The molecular weight excluding hydrogens is 300 g/mol. The summed E-state index contributed by atoms with van der Waals surface area (Å²) in [4.78, 5) is 27.0. The molecular formula is C20H28N2O2. The Balaban J connectivity index is 1.61. The summed E-state index contributed by atoms with van der Waals surface area (Å²) in [6.07, 6.45) is 8.59. The second kappa shape index (κ2) is 7.82. The maximum atomic E-state index is 12.7. The van der Waals surface area contributed by atoms with E-state index in [9.17, 15) is 9.59 Å². The van der Waals surface area contributed by atoms with Gasteiger partial charge in [0.1, 0.15) is 5.92 Å². The molecule has 1 aliphatic heterocycles. The standard InChI is InChI=1S/C20H28N2O2/c1-2-15-9-11-17(12-10-15)22-14-13-18(20(22)24)19(23)21-16-7-5-3-4-6-8-16/h9-12,16,18H,2-8,13-14H2,1H3,(H,21,23)/t18-/m1/s1. The van der Waals surface area contributed by atoms with Crippen molar-refractivity contribution >= 4 is 17.5 Å². The molecule has 2 amide bonds. The summed E-state index contributed by atoms with van der Waals surface area (Å²) >= 11 is 0. The van der Waals surface area contributed by atoms with Gasteiger partial charge in [0.25, 0.3) is 0 Å². The van der Waals surface area contributed by atoms with Crippen molar-refractivity contribution in [2.75, 3.05) is 11.4 Å². The Bertz CT molecular complexity index is 574. The fourth-order valence-electron chi connectivity index (χ4n) is 3.82. The van der Waals surface area contributed by atoms with E-state index in [0.29, 0.717) is 13.0 Å². The average Bonchev–Trinajstić information content (AvgIpc) is 2.81.